The first-order valence-corrected chi connectivity index (χ1v) is 4.66. The quantitative estimate of drug-likeness (QED) is 0.624. The Labute approximate surface area is 80.3 Å². The maximum absolute atomic E-state index is 6.83. The molecule has 13 heavy (non-hydrogen) atoms. The van der Waals surface area contributed by atoms with Crippen molar-refractivity contribution < 1.29 is 0 Å². The van der Waals surface area contributed by atoms with Gasteiger partial charge in [0.05, 0.1) is 4.88 Å². The molecular formula is C10H6N2S. The normalized spacial score (nSPS) is 9.46. The van der Waals surface area contributed by atoms with Gasteiger partial charge in [0.15, 0.2) is 5.69 Å². The van der Waals surface area contributed by atoms with E-state index in [0.717, 1.165) is 10.6 Å². The molecule has 0 amide bonds. The molecule has 2 rings (SSSR count). The monoisotopic (exact) mass is 186 g/mol. The van der Waals surface area contributed by atoms with Crippen molar-refractivity contribution in [3.05, 3.63) is 47.1 Å². The Morgan fingerprint density at radius 3 is 2.85 bits per heavy atom. The number of hydrogen-bond donors (Lipinski definition) is 0. The predicted octanol–water partition coefficient (Wildman–Crippen LogP) is 3.36. The van der Waals surface area contributed by atoms with Gasteiger partial charge in [-0.15, -0.1) is 16.3 Å². The fourth-order valence-corrected chi connectivity index (χ4v) is 1.74. The van der Waals surface area contributed by atoms with E-state index in [1.165, 1.54) is 0 Å². The molecule has 0 radical (unpaired) electrons. The maximum Gasteiger partial charge on any atom is 0.270 e. The summed E-state index contributed by atoms with van der Waals surface area (Å²) in [5.41, 5.74) is 0.878. The largest absolute Gasteiger partial charge is 0.361 e. The van der Waals surface area contributed by atoms with Crippen LogP contribution in [0.2, 0.25) is 0 Å². The highest BCUT2D eigenvalue weighted by Crippen LogP contribution is 2.24. The minimum Gasteiger partial charge on any atom is -0.361 e. The Kier molecular flexibility index (Phi) is 2.07. The van der Waals surface area contributed by atoms with Crippen molar-refractivity contribution in [3.8, 4) is 10.6 Å². The van der Waals surface area contributed by atoms with Crippen molar-refractivity contribution in [1.29, 1.82) is 0 Å². The average Bonchev–Trinajstić information content (AvgIpc) is 2.71. The number of hydrogen-bond acceptors (Lipinski definition) is 2. The van der Waals surface area contributed by atoms with Crippen molar-refractivity contribution in [2.75, 3.05) is 0 Å². The van der Waals surface area contributed by atoms with Crippen LogP contribution in [0.4, 0.5) is 5.82 Å². The van der Waals surface area contributed by atoms with Crippen LogP contribution in [0.1, 0.15) is 0 Å². The van der Waals surface area contributed by atoms with Gasteiger partial charge in [-0.3, -0.25) is 0 Å². The summed E-state index contributed by atoms with van der Waals surface area (Å²) in [6.07, 6.45) is 0. The third-order valence-corrected chi connectivity index (χ3v) is 2.51. The number of pyridine rings is 1. The second-order valence-corrected chi connectivity index (χ2v) is 3.42. The van der Waals surface area contributed by atoms with Crippen molar-refractivity contribution in [2.45, 2.75) is 0 Å². The highest BCUT2D eigenvalue weighted by atomic mass is 32.1. The average molecular weight is 186 g/mol. The molecule has 0 saturated heterocycles. The molecule has 0 aliphatic rings. The van der Waals surface area contributed by atoms with Crippen molar-refractivity contribution >= 4 is 17.2 Å². The van der Waals surface area contributed by atoms with Crippen LogP contribution in [-0.2, 0) is 0 Å². The Hall–Kier alpha value is -1.66. The molecule has 2 heterocycles. The molecule has 0 unspecified atom stereocenters. The van der Waals surface area contributed by atoms with E-state index < -0.39 is 0 Å². The molecule has 0 aliphatic carbocycles. The van der Waals surface area contributed by atoms with E-state index >= 15 is 0 Å². The molecule has 0 aromatic carbocycles. The SMILES string of the molecule is [C-]#[N+]c1cccc(-c2cccs2)n1. The third-order valence-electron chi connectivity index (χ3n) is 1.62. The van der Waals surface area contributed by atoms with Gasteiger partial charge in [0.25, 0.3) is 5.82 Å². The lowest BCUT2D eigenvalue weighted by Crippen LogP contribution is -1.77. The lowest BCUT2D eigenvalue weighted by atomic mass is 10.3. The smallest absolute Gasteiger partial charge is 0.270 e. The summed E-state index contributed by atoms with van der Waals surface area (Å²) in [5.74, 6) is 0.450. The van der Waals surface area contributed by atoms with E-state index in [9.17, 15) is 0 Å². The molecule has 0 spiro atoms. The van der Waals surface area contributed by atoms with Gasteiger partial charge in [-0.2, -0.15) is 0 Å². The molecule has 0 bridgehead atoms. The van der Waals surface area contributed by atoms with E-state index in [1.807, 2.05) is 29.6 Å². The van der Waals surface area contributed by atoms with Gasteiger partial charge in [0.1, 0.15) is 0 Å². The van der Waals surface area contributed by atoms with Gasteiger partial charge in [0, 0.05) is 0 Å². The van der Waals surface area contributed by atoms with Gasteiger partial charge in [-0.1, -0.05) is 18.7 Å². The number of thiophene rings is 1. The van der Waals surface area contributed by atoms with Gasteiger partial charge < -0.3 is 4.85 Å². The fourth-order valence-electron chi connectivity index (χ4n) is 1.05. The molecule has 0 atom stereocenters. The summed E-state index contributed by atoms with van der Waals surface area (Å²) in [4.78, 5) is 8.58. The summed E-state index contributed by atoms with van der Waals surface area (Å²) in [5, 5.41) is 2.00. The minimum absolute atomic E-state index is 0.450. The lowest BCUT2D eigenvalue weighted by molar-refractivity contribution is 1.36. The van der Waals surface area contributed by atoms with Crippen LogP contribution in [0.5, 0.6) is 0 Å². The van der Waals surface area contributed by atoms with E-state index in [2.05, 4.69) is 9.83 Å². The molecule has 0 aliphatic heterocycles. The lowest BCUT2D eigenvalue weighted by Gasteiger charge is -1.91. The molecule has 2 aromatic rings. The highest BCUT2D eigenvalue weighted by Gasteiger charge is 2.04. The zero-order valence-corrected chi connectivity index (χ0v) is 7.58. The van der Waals surface area contributed by atoms with Crippen LogP contribution >= 0.6 is 11.3 Å². The molecule has 0 N–H and O–H groups in total. The van der Waals surface area contributed by atoms with Crippen molar-refractivity contribution in [3.63, 3.8) is 0 Å². The summed E-state index contributed by atoms with van der Waals surface area (Å²) >= 11 is 1.63. The first-order chi connectivity index (χ1) is 6.40. The molecule has 0 saturated carbocycles. The fraction of sp³-hybridized carbons (Fsp3) is 0. The number of nitrogens with zero attached hydrogens (tertiary/aromatic N) is 2. The summed E-state index contributed by atoms with van der Waals surface area (Å²) in [6, 6.07) is 9.47. The zero-order valence-electron chi connectivity index (χ0n) is 6.77. The highest BCUT2D eigenvalue weighted by molar-refractivity contribution is 7.13. The van der Waals surface area contributed by atoms with Gasteiger partial charge in [-0.05, 0) is 23.6 Å². The van der Waals surface area contributed by atoms with E-state index in [0.29, 0.717) is 5.82 Å². The third kappa shape index (κ3) is 1.58. The van der Waals surface area contributed by atoms with E-state index in [-0.39, 0.29) is 0 Å². The predicted molar refractivity (Wildman–Crippen MR) is 53.8 cm³/mol. The summed E-state index contributed by atoms with van der Waals surface area (Å²) in [7, 11) is 0. The first kappa shape index (κ1) is 7.96. The van der Waals surface area contributed by atoms with Gasteiger partial charge >= 0.3 is 0 Å². The van der Waals surface area contributed by atoms with Crippen LogP contribution in [0.25, 0.3) is 15.4 Å². The Bertz CT molecular complexity index is 440. The zero-order chi connectivity index (χ0) is 9.10. The molecular weight excluding hydrogens is 180 g/mol. The van der Waals surface area contributed by atoms with Crippen LogP contribution in [0.3, 0.4) is 0 Å². The van der Waals surface area contributed by atoms with Crippen molar-refractivity contribution in [1.82, 2.24) is 4.98 Å². The molecule has 2 nitrogen and oxygen atoms in total. The minimum atomic E-state index is 0.450. The molecule has 0 fully saturated rings. The first-order valence-electron chi connectivity index (χ1n) is 3.78. The molecule has 3 heteroatoms. The second kappa shape index (κ2) is 3.38. The van der Waals surface area contributed by atoms with Crippen LogP contribution < -0.4 is 0 Å². The van der Waals surface area contributed by atoms with E-state index in [1.54, 1.807) is 17.4 Å². The number of aromatic nitrogens is 1. The van der Waals surface area contributed by atoms with Gasteiger partial charge in [0.2, 0.25) is 0 Å². The Morgan fingerprint density at radius 2 is 2.15 bits per heavy atom. The summed E-state index contributed by atoms with van der Waals surface area (Å²) in [6.45, 7) is 6.83. The van der Waals surface area contributed by atoms with E-state index in [4.69, 9.17) is 6.57 Å². The second-order valence-electron chi connectivity index (χ2n) is 2.47. The molecule has 62 valence electrons. The Balaban J connectivity index is 2.49. The van der Waals surface area contributed by atoms with Crippen LogP contribution in [-0.4, -0.2) is 4.98 Å². The van der Waals surface area contributed by atoms with Crippen LogP contribution in [0, 0.1) is 6.57 Å². The molecule has 2 aromatic heterocycles. The summed E-state index contributed by atoms with van der Waals surface area (Å²) < 4.78 is 0. The van der Waals surface area contributed by atoms with Gasteiger partial charge in [-0.25, -0.2) is 0 Å². The Morgan fingerprint density at radius 1 is 1.23 bits per heavy atom. The topological polar surface area (TPSA) is 17.2 Å². The van der Waals surface area contributed by atoms with Crippen molar-refractivity contribution in [2.24, 2.45) is 0 Å². The van der Waals surface area contributed by atoms with Crippen LogP contribution in [0.15, 0.2) is 35.7 Å². The number of rotatable bonds is 1. The standard InChI is InChI=1S/C10H6N2S/c1-11-10-6-2-4-8(12-10)9-5-3-7-13-9/h2-7H. The maximum atomic E-state index is 6.83.